The van der Waals surface area contributed by atoms with Crippen molar-refractivity contribution in [3.05, 3.63) is 84.1 Å². The van der Waals surface area contributed by atoms with Crippen molar-refractivity contribution >= 4 is 44.2 Å². The van der Waals surface area contributed by atoms with Crippen LogP contribution in [0.5, 0.6) is 11.5 Å². The summed E-state index contributed by atoms with van der Waals surface area (Å²) in [6.07, 6.45) is 4.21. The Labute approximate surface area is 205 Å². The molecule has 10 heteroatoms. The van der Waals surface area contributed by atoms with Gasteiger partial charge in [-0.25, -0.2) is 18.4 Å². The first kappa shape index (κ1) is 22.4. The van der Waals surface area contributed by atoms with Crippen LogP contribution in [0.4, 0.5) is 0 Å². The Morgan fingerprint density at radius 3 is 2.50 bits per heavy atom. The van der Waals surface area contributed by atoms with Gasteiger partial charge >= 0.3 is 0 Å². The van der Waals surface area contributed by atoms with Gasteiger partial charge in [0.2, 0.25) is 0 Å². The fraction of sp³-hybridized carbons (Fsp3) is 0.0417. The molecule has 0 atom stereocenters. The number of sulfone groups is 1. The number of benzene rings is 2. The van der Waals surface area contributed by atoms with Crippen molar-refractivity contribution in [3.63, 3.8) is 0 Å². The summed E-state index contributed by atoms with van der Waals surface area (Å²) in [5.74, 6) is 1.58. The topological polar surface area (TPSA) is 97.8 Å². The Balaban J connectivity index is 1.57. The lowest BCUT2D eigenvalue weighted by molar-refractivity contribution is 0.468. The van der Waals surface area contributed by atoms with Crippen LogP contribution in [0.2, 0.25) is 5.02 Å². The molecule has 0 aliphatic heterocycles. The Bertz CT molecular complexity index is 1590. The van der Waals surface area contributed by atoms with Crippen molar-refractivity contribution in [1.29, 1.82) is 0 Å². The van der Waals surface area contributed by atoms with Gasteiger partial charge in [0, 0.05) is 23.4 Å². The maximum absolute atomic E-state index is 11.7. The number of hydrogen-bond donors (Lipinski definition) is 1. The van der Waals surface area contributed by atoms with Crippen LogP contribution in [0, 0.1) is 0 Å². The zero-order valence-electron chi connectivity index (χ0n) is 17.8. The Morgan fingerprint density at radius 1 is 0.971 bits per heavy atom. The van der Waals surface area contributed by atoms with Gasteiger partial charge in [0.25, 0.3) is 0 Å². The molecule has 0 unspecified atom stereocenters. The number of aromatic nitrogens is 4. The second-order valence-electron chi connectivity index (χ2n) is 7.36. The van der Waals surface area contributed by atoms with E-state index in [1.165, 1.54) is 24.0 Å². The van der Waals surface area contributed by atoms with Gasteiger partial charge in [-0.05, 0) is 42.5 Å². The summed E-state index contributed by atoms with van der Waals surface area (Å²) < 4.78 is 29.6. The summed E-state index contributed by atoms with van der Waals surface area (Å²) in [6, 6.07) is 19.9. The molecule has 3 aromatic heterocycles. The van der Waals surface area contributed by atoms with E-state index < -0.39 is 9.84 Å². The van der Waals surface area contributed by atoms with E-state index in [1.807, 2.05) is 54.6 Å². The Kier molecular flexibility index (Phi) is 5.99. The van der Waals surface area contributed by atoms with E-state index in [0.717, 1.165) is 32.8 Å². The van der Waals surface area contributed by atoms with Crippen LogP contribution in [0.1, 0.15) is 0 Å². The van der Waals surface area contributed by atoms with Gasteiger partial charge in [0.1, 0.15) is 17.2 Å². The number of imidazole rings is 1. The maximum Gasteiger partial charge on any atom is 0.192 e. The largest absolute Gasteiger partial charge is 0.454 e. The number of rotatable bonds is 6. The van der Waals surface area contributed by atoms with Crippen molar-refractivity contribution in [2.75, 3.05) is 6.26 Å². The van der Waals surface area contributed by atoms with E-state index in [2.05, 4.69) is 15.0 Å². The molecule has 3 heterocycles. The molecule has 1 N–H and O–H groups in total. The lowest BCUT2D eigenvalue weighted by Gasteiger charge is -2.12. The van der Waals surface area contributed by atoms with Crippen LogP contribution >= 0.6 is 23.4 Å². The smallest absolute Gasteiger partial charge is 0.192 e. The third-order valence-corrected chi connectivity index (χ3v) is 7.39. The average molecular weight is 509 g/mol. The van der Waals surface area contributed by atoms with E-state index in [0.29, 0.717) is 22.3 Å². The molecule has 0 saturated heterocycles. The van der Waals surface area contributed by atoms with Crippen LogP contribution in [-0.2, 0) is 9.84 Å². The number of aromatic amines is 1. The van der Waals surface area contributed by atoms with E-state index in [4.69, 9.17) is 21.3 Å². The molecule has 5 aromatic rings. The summed E-state index contributed by atoms with van der Waals surface area (Å²) in [5, 5.41) is 0.600. The summed E-state index contributed by atoms with van der Waals surface area (Å²) in [5.41, 5.74) is 2.23. The summed E-state index contributed by atoms with van der Waals surface area (Å²) >= 11 is 7.84. The monoisotopic (exact) mass is 508 g/mol. The zero-order chi connectivity index (χ0) is 23.7. The number of halogens is 1. The normalized spacial score (nSPS) is 11.6. The van der Waals surface area contributed by atoms with Crippen molar-refractivity contribution in [2.45, 2.75) is 14.8 Å². The molecule has 2 aromatic carbocycles. The third kappa shape index (κ3) is 4.77. The number of fused-ring (bicyclic) bond motifs is 1. The average Bonchev–Trinajstić information content (AvgIpc) is 3.24. The first-order chi connectivity index (χ1) is 16.4. The quantitative estimate of drug-likeness (QED) is 0.299. The highest BCUT2D eigenvalue weighted by Crippen LogP contribution is 2.42. The van der Waals surface area contributed by atoms with Gasteiger partial charge in [0.05, 0.1) is 27.1 Å². The Morgan fingerprint density at radius 2 is 1.79 bits per heavy atom. The van der Waals surface area contributed by atoms with Crippen molar-refractivity contribution < 1.29 is 13.2 Å². The predicted octanol–water partition coefficient (Wildman–Crippen LogP) is 6.02. The van der Waals surface area contributed by atoms with Crippen LogP contribution < -0.4 is 4.74 Å². The van der Waals surface area contributed by atoms with Crippen LogP contribution in [-0.4, -0.2) is 34.6 Å². The molecule has 0 saturated carbocycles. The number of ether oxygens (including phenoxy) is 1. The molecule has 0 spiro atoms. The van der Waals surface area contributed by atoms with Crippen LogP contribution in [0.15, 0.2) is 93.9 Å². The van der Waals surface area contributed by atoms with Gasteiger partial charge < -0.3 is 9.72 Å². The SMILES string of the molecule is CS(=O)(=O)c1ccc(Oc2cc3[nH]c(-c4ccccn4)nc3cc2Sc2ccccc2Cl)cn1. The standard InChI is InChI=1S/C24H17ClN4O3S2/c1-34(30,31)23-10-9-15(14-27-23)32-20-12-18-19(29-24(28-18)17-7-4-5-11-26-17)13-22(20)33-21-8-3-2-6-16(21)25/h2-14H,1H3,(H,28,29). The molecule has 0 aliphatic rings. The molecule has 0 amide bonds. The summed E-state index contributed by atoms with van der Waals surface area (Å²) in [7, 11) is -3.40. The number of hydrogen-bond acceptors (Lipinski definition) is 7. The van der Waals surface area contributed by atoms with Gasteiger partial charge in [0.15, 0.2) is 20.7 Å². The first-order valence-electron chi connectivity index (χ1n) is 10.1. The van der Waals surface area contributed by atoms with Crippen molar-refractivity contribution in [1.82, 2.24) is 19.9 Å². The highest BCUT2D eigenvalue weighted by Gasteiger charge is 2.16. The molecule has 34 heavy (non-hydrogen) atoms. The second kappa shape index (κ2) is 9.09. The maximum atomic E-state index is 11.7. The third-order valence-electron chi connectivity index (χ3n) is 4.83. The van der Waals surface area contributed by atoms with Crippen LogP contribution in [0.3, 0.4) is 0 Å². The fourth-order valence-electron chi connectivity index (χ4n) is 3.22. The number of H-pyrrole nitrogens is 1. The van der Waals surface area contributed by atoms with Crippen molar-refractivity contribution in [3.8, 4) is 23.0 Å². The van der Waals surface area contributed by atoms with Gasteiger partial charge in [-0.1, -0.05) is 41.6 Å². The first-order valence-corrected chi connectivity index (χ1v) is 13.2. The minimum Gasteiger partial charge on any atom is -0.454 e. The number of nitrogens with zero attached hydrogens (tertiary/aromatic N) is 3. The minimum absolute atomic E-state index is 0.0189. The summed E-state index contributed by atoms with van der Waals surface area (Å²) in [6.45, 7) is 0. The lowest BCUT2D eigenvalue weighted by atomic mass is 10.3. The second-order valence-corrected chi connectivity index (χ2v) is 10.8. The molecule has 0 radical (unpaired) electrons. The minimum atomic E-state index is -3.40. The molecular weight excluding hydrogens is 492 g/mol. The Hall–Kier alpha value is -3.40. The zero-order valence-corrected chi connectivity index (χ0v) is 20.2. The van der Waals surface area contributed by atoms with E-state index in [-0.39, 0.29) is 5.03 Å². The molecule has 7 nitrogen and oxygen atoms in total. The highest BCUT2D eigenvalue weighted by atomic mass is 35.5. The number of nitrogens with one attached hydrogen (secondary N) is 1. The number of pyridine rings is 2. The van der Waals surface area contributed by atoms with E-state index >= 15 is 0 Å². The molecule has 0 aliphatic carbocycles. The molecule has 0 bridgehead atoms. The molecule has 170 valence electrons. The van der Waals surface area contributed by atoms with Crippen molar-refractivity contribution in [2.24, 2.45) is 0 Å². The van der Waals surface area contributed by atoms with E-state index in [1.54, 1.807) is 12.3 Å². The van der Waals surface area contributed by atoms with Gasteiger partial charge in [-0.2, -0.15) is 0 Å². The summed E-state index contributed by atoms with van der Waals surface area (Å²) in [4.78, 5) is 18.0. The van der Waals surface area contributed by atoms with Crippen LogP contribution in [0.25, 0.3) is 22.6 Å². The van der Waals surface area contributed by atoms with E-state index in [9.17, 15) is 8.42 Å². The lowest BCUT2D eigenvalue weighted by Crippen LogP contribution is -2.00. The van der Waals surface area contributed by atoms with Gasteiger partial charge in [-0.3, -0.25) is 4.98 Å². The molecular formula is C24H17ClN4O3S2. The fourth-order valence-corrected chi connectivity index (χ4v) is 4.95. The highest BCUT2D eigenvalue weighted by molar-refractivity contribution is 7.99. The molecule has 0 fully saturated rings. The predicted molar refractivity (Wildman–Crippen MR) is 132 cm³/mol. The molecule has 5 rings (SSSR count). The van der Waals surface area contributed by atoms with Gasteiger partial charge in [-0.15, -0.1) is 0 Å².